The second-order valence-electron chi connectivity index (χ2n) is 6.05. The summed E-state index contributed by atoms with van der Waals surface area (Å²) in [6.07, 6.45) is 0.242. The maximum atomic E-state index is 12.4. The van der Waals surface area contributed by atoms with Crippen LogP contribution in [0, 0.1) is 13.8 Å². The Morgan fingerprint density at radius 3 is 2.42 bits per heavy atom. The molecule has 0 bridgehead atoms. The van der Waals surface area contributed by atoms with E-state index in [4.69, 9.17) is 16.3 Å². The Morgan fingerprint density at radius 1 is 1.17 bits per heavy atom. The van der Waals surface area contributed by atoms with Gasteiger partial charge in [-0.1, -0.05) is 48.4 Å². The van der Waals surface area contributed by atoms with Gasteiger partial charge in [0, 0.05) is 5.02 Å². The number of carbonyl (C=O) groups is 1. The number of nitrogens with one attached hydrogen (secondary N) is 1. The molecule has 0 fully saturated rings. The van der Waals surface area contributed by atoms with Crippen LogP contribution in [-0.4, -0.2) is 12.0 Å². The molecule has 0 heterocycles. The van der Waals surface area contributed by atoms with E-state index in [0.29, 0.717) is 10.8 Å². The molecule has 1 N–H and O–H groups in total. The first-order valence-corrected chi connectivity index (χ1v) is 8.58. The van der Waals surface area contributed by atoms with Crippen molar-refractivity contribution in [3.05, 3.63) is 64.2 Å². The standard InChI is InChI=1S/C20H24ClNO2/c1-5-19(16-8-6-13(2)7-9-16)22-20(23)15(4)24-17-10-11-18(21)14(3)12-17/h6-12,15,19H,5H2,1-4H3,(H,22,23)/t15-,19+/m0/s1. The highest BCUT2D eigenvalue weighted by atomic mass is 35.5. The largest absolute Gasteiger partial charge is 0.481 e. The van der Waals surface area contributed by atoms with Crippen LogP contribution in [0.1, 0.15) is 43.0 Å². The molecule has 4 heteroatoms. The minimum Gasteiger partial charge on any atom is -0.481 e. The number of hydrogen-bond acceptors (Lipinski definition) is 2. The van der Waals surface area contributed by atoms with Gasteiger partial charge in [0.25, 0.3) is 5.91 Å². The normalized spacial score (nSPS) is 13.2. The van der Waals surface area contributed by atoms with Crippen molar-refractivity contribution in [2.75, 3.05) is 0 Å². The number of hydrogen-bond donors (Lipinski definition) is 1. The minimum atomic E-state index is -0.579. The molecule has 0 unspecified atom stereocenters. The molecule has 0 saturated carbocycles. The number of ether oxygens (including phenoxy) is 1. The molecule has 2 aromatic carbocycles. The van der Waals surface area contributed by atoms with E-state index in [2.05, 4.69) is 36.5 Å². The van der Waals surface area contributed by atoms with Gasteiger partial charge in [-0.25, -0.2) is 0 Å². The summed E-state index contributed by atoms with van der Waals surface area (Å²) in [5.41, 5.74) is 3.23. The third kappa shape index (κ3) is 4.75. The first-order valence-electron chi connectivity index (χ1n) is 8.20. The summed E-state index contributed by atoms with van der Waals surface area (Å²) in [6, 6.07) is 13.6. The summed E-state index contributed by atoms with van der Waals surface area (Å²) in [7, 11) is 0. The number of benzene rings is 2. The van der Waals surface area contributed by atoms with Crippen molar-refractivity contribution >= 4 is 17.5 Å². The lowest BCUT2D eigenvalue weighted by Crippen LogP contribution is -2.38. The van der Waals surface area contributed by atoms with Crippen LogP contribution in [0.25, 0.3) is 0 Å². The Hall–Kier alpha value is -2.00. The summed E-state index contributed by atoms with van der Waals surface area (Å²) < 4.78 is 5.74. The molecule has 0 saturated heterocycles. The highest BCUT2D eigenvalue weighted by Crippen LogP contribution is 2.22. The number of rotatable bonds is 6. The SMILES string of the molecule is CC[C@@H](NC(=O)[C@H](C)Oc1ccc(Cl)c(C)c1)c1ccc(C)cc1. The molecule has 2 atom stereocenters. The molecule has 24 heavy (non-hydrogen) atoms. The zero-order valence-corrected chi connectivity index (χ0v) is 15.4. The zero-order valence-electron chi connectivity index (χ0n) is 14.6. The fourth-order valence-corrected chi connectivity index (χ4v) is 2.57. The first kappa shape index (κ1) is 18.3. The van der Waals surface area contributed by atoms with Crippen LogP contribution >= 0.6 is 11.6 Å². The summed E-state index contributed by atoms with van der Waals surface area (Å²) in [5, 5.41) is 3.74. The second-order valence-corrected chi connectivity index (χ2v) is 6.46. The molecule has 128 valence electrons. The van der Waals surface area contributed by atoms with Gasteiger partial charge in [-0.2, -0.15) is 0 Å². The molecule has 2 rings (SSSR count). The van der Waals surface area contributed by atoms with Crippen molar-refractivity contribution in [3.63, 3.8) is 0 Å². The van der Waals surface area contributed by atoms with Gasteiger partial charge in [0.15, 0.2) is 6.10 Å². The number of carbonyl (C=O) groups excluding carboxylic acids is 1. The molecular formula is C20H24ClNO2. The maximum Gasteiger partial charge on any atom is 0.261 e. The van der Waals surface area contributed by atoms with E-state index in [-0.39, 0.29) is 11.9 Å². The summed E-state index contributed by atoms with van der Waals surface area (Å²) in [5.74, 6) is 0.512. The third-order valence-corrected chi connectivity index (χ3v) is 4.44. The van der Waals surface area contributed by atoms with Crippen LogP contribution in [0.15, 0.2) is 42.5 Å². The Balaban J connectivity index is 2.01. The molecule has 0 spiro atoms. The van der Waals surface area contributed by atoms with Crippen LogP contribution in [-0.2, 0) is 4.79 Å². The van der Waals surface area contributed by atoms with E-state index in [1.54, 1.807) is 19.1 Å². The van der Waals surface area contributed by atoms with E-state index < -0.39 is 6.10 Å². The van der Waals surface area contributed by atoms with Crippen molar-refractivity contribution in [2.24, 2.45) is 0 Å². The molecule has 0 radical (unpaired) electrons. The van der Waals surface area contributed by atoms with Gasteiger partial charge in [-0.15, -0.1) is 0 Å². The van der Waals surface area contributed by atoms with Gasteiger partial charge in [-0.3, -0.25) is 4.79 Å². The van der Waals surface area contributed by atoms with Crippen molar-refractivity contribution in [1.29, 1.82) is 0 Å². The number of amides is 1. The molecule has 0 aliphatic heterocycles. The van der Waals surface area contributed by atoms with E-state index in [9.17, 15) is 4.79 Å². The smallest absolute Gasteiger partial charge is 0.261 e. The molecular weight excluding hydrogens is 322 g/mol. The van der Waals surface area contributed by atoms with Crippen LogP contribution in [0.4, 0.5) is 0 Å². The van der Waals surface area contributed by atoms with Crippen LogP contribution in [0.3, 0.4) is 0 Å². The third-order valence-electron chi connectivity index (χ3n) is 4.02. The topological polar surface area (TPSA) is 38.3 Å². The predicted molar refractivity (Wildman–Crippen MR) is 98.6 cm³/mol. The van der Waals surface area contributed by atoms with E-state index in [1.165, 1.54) is 5.56 Å². The summed E-state index contributed by atoms with van der Waals surface area (Å²) in [6.45, 7) is 7.76. The first-order chi connectivity index (χ1) is 11.4. The molecule has 0 aromatic heterocycles. The average molecular weight is 346 g/mol. The van der Waals surface area contributed by atoms with Gasteiger partial charge >= 0.3 is 0 Å². The number of aryl methyl sites for hydroxylation is 2. The van der Waals surface area contributed by atoms with Crippen molar-refractivity contribution in [2.45, 2.75) is 46.3 Å². The fraction of sp³-hybridized carbons (Fsp3) is 0.350. The highest BCUT2D eigenvalue weighted by molar-refractivity contribution is 6.31. The number of halogens is 1. The lowest BCUT2D eigenvalue weighted by Gasteiger charge is -2.21. The highest BCUT2D eigenvalue weighted by Gasteiger charge is 2.19. The second kappa shape index (κ2) is 8.20. The molecule has 2 aromatic rings. The van der Waals surface area contributed by atoms with Gasteiger partial charge in [0.05, 0.1) is 6.04 Å². The fourth-order valence-electron chi connectivity index (χ4n) is 2.46. The zero-order chi connectivity index (χ0) is 17.7. The van der Waals surface area contributed by atoms with Gasteiger partial charge in [0.1, 0.15) is 5.75 Å². The van der Waals surface area contributed by atoms with Gasteiger partial charge < -0.3 is 10.1 Å². The Labute approximate surface area is 149 Å². The van der Waals surface area contributed by atoms with Crippen molar-refractivity contribution < 1.29 is 9.53 Å². The average Bonchev–Trinajstić information content (AvgIpc) is 2.56. The maximum absolute atomic E-state index is 12.4. The lowest BCUT2D eigenvalue weighted by molar-refractivity contribution is -0.128. The predicted octanol–water partition coefficient (Wildman–Crippen LogP) is 4.99. The monoisotopic (exact) mass is 345 g/mol. The lowest BCUT2D eigenvalue weighted by atomic mass is 10.0. The Kier molecular flexibility index (Phi) is 6.27. The van der Waals surface area contributed by atoms with Crippen LogP contribution < -0.4 is 10.1 Å². The van der Waals surface area contributed by atoms with Crippen LogP contribution in [0.2, 0.25) is 5.02 Å². The quantitative estimate of drug-likeness (QED) is 0.800. The molecule has 1 amide bonds. The van der Waals surface area contributed by atoms with Crippen LogP contribution in [0.5, 0.6) is 5.75 Å². The van der Waals surface area contributed by atoms with Gasteiger partial charge in [-0.05, 0) is 56.5 Å². The Bertz CT molecular complexity index is 697. The summed E-state index contributed by atoms with van der Waals surface area (Å²) in [4.78, 5) is 12.4. The molecule has 0 aliphatic rings. The molecule has 0 aliphatic carbocycles. The van der Waals surface area contributed by atoms with E-state index in [1.807, 2.05) is 19.9 Å². The van der Waals surface area contributed by atoms with E-state index >= 15 is 0 Å². The van der Waals surface area contributed by atoms with E-state index in [0.717, 1.165) is 17.5 Å². The molecule has 3 nitrogen and oxygen atoms in total. The summed E-state index contributed by atoms with van der Waals surface area (Å²) >= 11 is 6.01. The van der Waals surface area contributed by atoms with Crippen molar-refractivity contribution in [1.82, 2.24) is 5.32 Å². The Morgan fingerprint density at radius 2 is 1.83 bits per heavy atom. The minimum absolute atomic E-state index is 0.0175. The van der Waals surface area contributed by atoms with Crippen molar-refractivity contribution in [3.8, 4) is 5.75 Å². The van der Waals surface area contributed by atoms with Gasteiger partial charge in [0.2, 0.25) is 0 Å².